The number of aliphatic carboxylic acids is 1. The van der Waals surface area contributed by atoms with Crippen molar-refractivity contribution in [3.63, 3.8) is 0 Å². The molecule has 1 atom stereocenters. The first-order chi connectivity index (χ1) is 8.63. The van der Waals surface area contributed by atoms with Gasteiger partial charge in [-0.15, -0.1) is 0 Å². The first-order valence-corrected chi connectivity index (χ1v) is 5.74. The van der Waals surface area contributed by atoms with Gasteiger partial charge in [0.25, 0.3) is 0 Å². The molecule has 0 aliphatic carbocycles. The average molecular weight is 251 g/mol. The molecule has 0 heterocycles. The Bertz CT molecular complexity index is 400. The minimum Gasteiger partial charge on any atom is -0.494 e. The molecule has 0 aliphatic rings. The summed E-state index contributed by atoms with van der Waals surface area (Å²) in [5.74, 6) is -0.663. The van der Waals surface area contributed by atoms with Crippen LogP contribution in [0.2, 0.25) is 0 Å². The molecule has 5 nitrogen and oxygen atoms in total. The minimum absolute atomic E-state index is 0.0584. The first-order valence-electron chi connectivity index (χ1n) is 5.74. The van der Waals surface area contributed by atoms with Crippen LogP contribution in [0.5, 0.6) is 5.75 Å². The summed E-state index contributed by atoms with van der Waals surface area (Å²) in [4.78, 5) is 15.4. The Balaban J connectivity index is 2.40. The molecule has 18 heavy (non-hydrogen) atoms. The fraction of sp³-hybridized carbons (Fsp3) is 0.385. The maximum absolute atomic E-state index is 10.5. The summed E-state index contributed by atoms with van der Waals surface area (Å²) in [6.45, 7) is 4.17. The van der Waals surface area contributed by atoms with Crippen molar-refractivity contribution >= 4 is 12.2 Å². The van der Waals surface area contributed by atoms with E-state index in [-0.39, 0.29) is 6.61 Å². The van der Waals surface area contributed by atoms with Crippen molar-refractivity contribution in [2.75, 3.05) is 13.2 Å². The molecule has 0 saturated heterocycles. The second-order valence-electron chi connectivity index (χ2n) is 3.77. The lowest BCUT2D eigenvalue weighted by Gasteiger charge is -2.03. The van der Waals surface area contributed by atoms with Gasteiger partial charge in [0.1, 0.15) is 12.4 Å². The summed E-state index contributed by atoms with van der Waals surface area (Å²) in [6.07, 6.45) is 1.53. The van der Waals surface area contributed by atoms with Crippen LogP contribution in [-0.2, 0) is 9.63 Å². The average Bonchev–Trinajstić information content (AvgIpc) is 2.36. The summed E-state index contributed by atoms with van der Waals surface area (Å²) in [7, 11) is 0. The zero-order chi connectivity index (χ0) is 13.4. The fourth-order valence-electron chi connectivity index (χ4n) is 1.14. The molecule has 0 fully saturated rings. The highest BCUT2D eigenvalue weighted by Gasteiger charge is 2.10. The highest BCUT2D eigenvalue weighted by Crippen LogP contribution is 2.10. The van der Waals surface area contributed by atoms with Gasteiger partial charge >= 0.3 is 5.97 Å². The van der Waals surface area contributed by atoms with Crippen molar-refractivity contribution < 1.29 is 19.5 Å². The van der Waals surface area contributed by atoms with Gasteiger partial charge in [-0.3, -0.25) is 4.79 Å². The molecule has 1 rings (SSSR count). The van der Waals surface area contributed by atoms with Gasteiger partial charge in [0, 0.05) is 0 Å². The van der Waals surface area contributed by atoms with E-state index in [1.165, 1.54) is 6.21 Å². The number of hydrogen-bond acceptors (Lipinski definition) is 4. The van der Waals surface area contributed by atoms with E-state index in [0.29, 0.717) is 6.61 Å². The summed E-state index contributed by atoms with van der Waals surface area (Å²) < 4.78 is 5.30. The molecule has 1 aromatic rings. The van der Waals surface area contributed by atoms with Gasteiger partial charge in [0.05, 0.1) is 18.7 Å². The largest absolute Gasteiger partial charge is 0.494 e. The molecule has 98 valence electrons. The summed E-state index contributed by atoms with van der Waals surface area (Å²) in [6, 6.07) is 7.37. The van der Waals surface area contributed by atoms with Crippen LogP contribution in [0, 0.1) is 5.92 Å². The monoisotopic (exact) mass is 251 g/mol. The number of benzene rings is 1. The van der Waals surface area contributed by atoms with Gasteiger partial charge in [-0.25, -0.2) is 0 Å². The van der Waals surface area contributed by atoms with Crippen LogP contribution in [0.1, 0.15) is 19.4 Å². The van der Waals surface area contributed by atoms with Crippen LogP contribution in [0.15, 0.2) is 29.4 Å². The molecule has 0 unspecified atom stereocenters. The van der Waals surface area contributed by atoms with Gasteiger partial charge in [-0.1, -0.05) is 5.16 Å². The predicted molar refractivity (Wildman–Crippen MR) is 68.0 cm³/mol. The maximum atomic E-state index is 10.5. The molecule has 0 radical (unpaired) electrons. The summed E-state index contributed by atoms with van der Waals surface area (Å²) in [5.41, 5.74) is 0.862. The molecule has 0 spiro atoms. The van der Waals surface area contributed by atoms with Crippen LogP contribution in [0.3, 0.4) is 0 Å². The SMILES string of the molecule is CCOc1ccc(/C=N/OC[C@H](C)C(=O)O)cc1. The van der Waals surface area contributed by atoms with Gasteiger partial charge < -0.3 is 14.7 Å². The van der Waals surface area contributed by atoms with Gasteiger partial charge in [-0.05, 0) is 43.7 Å². The third-order valence-corrected chi connectivity index (χ3v) is 2.21. The lowest BCUT2D eigenvalue weighted by molar-refractivity contribution is -0.143. The molecular formula is C13H17NO4. The van der Waals surface area contributed by atoms with Crippen molar-refractivity contribution in [3.8, 4) is 5.75 Å². The highest BCUT2D eigenvalue weighted by atomic mass is 16.6. The second-order valence-corrected chi connectivity index (χ2v) is 3.77. The summed E-state index contributed by atoms with van der Waals surface area (Å²) >= 11 is 0. The van der Waals surface area contributed by atoms with Crippen LogP contribution in [-0.4, -0.2) is 30.5 Å². The molecule has 0 aliphatic heterocycles. The lowest BCUT2D eigenvalue weighted by Crippen LogP contribution is -2.14. The molecule has 0 bridgehead atoms. The lowest BCUT2D eigenvalue weighted by atomic mass is 10.2. The Hall–Kier alpha value is -2.04. The normalized spacial score (nSPS) is 12.3. The van der Waals surface area contributed by atoms with Gasteiger partial charge in [0.2, 0.25) is 0 Å². The number of ether oxygens (including phenoxy) is 1. The number of nitrogens with zero attached hydrogens (tertiary/aromatic N) is 1. The Kier molecular flexibility index (Phi) is 5.70. The van der Waals surface area contributed by atoms with Crippen molar-refractivity contribution in [2.45, 2.75) is 13.8 Å². The highest BCUT2D eigenvalue weighted by molar-refractivity contribution is 5.79. The van der Waals surface area contributed by atoms with Crippen LogP contribution in [0.25, 0.3) is 0 Å². The van der Waals surface area contributed by atoms with E-state index in [1.54, 1.807) is 6.92 Å². The van der Waals surface area contributed by atoms with E-state index in [0.717, 1.165) is 11.3 Å². The van der Waals surface area contributed by atoms with E-state index in [9.17, 15) is 4.79 Å². The second kappa shape index (κ2) is 7.32. The zero-order valence-electron chi connectivity index (χ0n) is 10.5. The first kappa shape index (κ1) is 14.0. The van der Waals surface area contributed by atoms with Crippen molar-refractivity contribution in [1.82, 2.24) is 0 Å². The third kappa shape index (κ3) is 4.86. The Labute approximate surface area is 106 Å². The minimum atomic E-state index is -0.897. The molecular weight excluding hydrogens is 234 g/mol. The Morgan fingerprint density at radius 3 is 2.67 bits per heavy atom. The Morgan fingerprint density at radius 2 is 2.11 bits per heavy atom. The number of carbonyl (C=O) groups is 1. The van der Waals surface area contributed by atoms with Crippen molar-refractivity contribution in [2.24, 2.45) is 11.1 Å². The van der Waals surface area contributed by atoms with E-state index < -0.39 is 11.9 Å². The molecule has 1 N–H and O–H groups in total. The van der Waals surface area contributed by atoms with Crippen LogP contribution < -0.4 is 4.74 Å². The molecule has 5 heteroatoms. The number of rotatable bonds is 7. The van der Waals surface area contributed by atoms with E-state index in [1.807, 2.05) is 31.2 Å². The van der Waals surface area contributed by atoms with Gasteiger partial charge in [-0.2, -0.15) is 0 Å². The fourth-order valence-corrected chi connectivity index (χ4v) is 1.14. The number of carboxylic acid groups (broad SMARTS) is 1. The predicted octanol–water partition coefficient (Wildman–Crippen LogP) is 2.16. The quantitative estimate of drug-likeness (QED) is 0.595. The zero-order valence-corrected chi connectivity index (χ0v) is 10.5. The number of oxime groups is 1. The van der Waals surface area contributed by atoms with Crippen LogP contribution >= 0.6 is 0 Å². The van der Waals surface area contributed by atoms with E-state index in [2.05, 4.69) is 5.16 Å². The van der Waals surface area contributed by atoms with Gasteiger partial charge in [0.15, 0.2) is 0 Å². The third-order valence-electron chi connectivity index (χ3n) is 2.21. The van der Waals surface area contributed by atoms with E-state index >= 15 is 0 Å². The molecule has 0 saturated carbocycles. The standard InChI is InChI=1S/C13H17NO4/c1-3-17-12-6-4-11(5-7-12)8-14-18-9-10(2)13(15)16/h4-8,10H,3,9H2,1-2H3,(H,15,16)/b14-8+/t10-/m0/s1. The van der Waals surface area contributed by atoms with E-state index in [4.69, 9.17) is 14.7 Å². The topological polar surface area (TPSA) is 68.1 Å². The van der Waals surface area contributed by atoms with Crippen molar-refractivity contribution in [1.29, 1.82) is 0 Å². The molecule has 1 aromatic carbocycles. The summed E-state index contributed by atoms with van der Waals surface area (Å²) in [5, 5.41) is 12.3. The number of hydrogen-bond donors (Lipinski definition) is 1. The van der Waals surface area contributed by atoms with Crippen LogP contribution in [0.4, 0.5) is 0 Å². The molecule has 0 amide bonds. The molecule has 0 aromatic heterocycles. The Morgan fingerprint density at radius 1 is 1.44 bits per heavy atom. The number of carboxylic acids is 1. The maximum Gasteiger partial charge on any atom is 0.309 e. The van der Waals surface area contributed by atoms with Crippen molar-refractivity contribution in [3.05, 3.63) is 29.8 Å². The smallest absolute Gasteiger partial charge is 0.309 e.